The predicted molar refractivity (Wildman–Crippen MR) is 83.8 cm³/mol. The Bertz CT molecular complexity index is 496. The Balaban J connectivity index is 1.72. The van der Waals surface area contributed by atoms with Crippen LogP contribution in [-0.4, -0.2) is 36.4 Å². The average molecular weight is 304 g/mol. The molecule has 1 aromatic rings. The Labute approximate surface area is 131 Å². The highest BCUT2D eigenvalue weighted by Gasteiger charge is 2.28. The standard InChI is InChI=1S/C17H24N2O3/c1-13(11-22-12-14-5-3-2-4-6-14)17(21)19-9-7-15(8-10-19)16(18)20/h2-6,13,15H,7-12H2,1H3,(H2,18,20)/t13-/m1/s1. The second kappa shape index (κ2) is 7.94. The molecule has 120 valence electrons. The molecular weight excluding hydrogens is 280 g/mol. The Morgan fingerprint density at radius 1 is 1.27 bits per heavy atom. The summed E-state index contributed by atoms with van der Waals surface area (Å²) >= 11 is 0. The molecule has 0 bridgehead atoms. The molecule has 5 heteroatoms. The van der Waals surface area contributed by atoms with Crippen LogP contribution in [0.4, 0.5) is 0 Å². The lowest BCUT2D eigenvalue weighted by Gasteiger charge is -2.32. The molecule has 2 amide bonds. The van der Waals surface area contributed by atoms with Crippen molar-refractivity contribution >= 4 is 11.8 Å². The maximum Gasteiger partial charge on any atom is 0.227 e. The van der Waals surface area contributed by atoms with E-state index in [-0.39, 0.29) is 23.7 Å². The number of amides is 2. The fourth-order valence-corrected chi connectivity index (χ4v) is 2.70. The van der Waals surface area contributed by atoms with Crippen molar-refractivity contribution in [2.45, 2.75) is 26.4 Å². The number of hydrogen-bond acceptors (Lipinski definition) is 3. The van der Waals surface area contributed by atoms with E-state index in [2.05, 4.69) is 0 Å². The maximum absolute atomic E-state index is 12.3. The van der Waals surface area contributed by atoms with E-state index < -0.39 is 0 Å². The first-order chi connectivity index (χ1) is 10.6. The molecule has 1 aliphatic heterocycles. The van der Waals surface area contributed by atoms with Gasteiger partial charge in [-0.1, -0.05) is 37.3 Å². The first kappa shape index (κ1) is 16.5. The van der Waals surface area contributed by atoms with Crippen molar-refractivity contribution in [3.63, 3.8) is 0 Å². The summed E-state index contributed by atoms with van der Waals surface area (Å²) in [6, 6.07) is 9.90. The van der Waals surface area contributed by atoms with Gasteiger partial charge in [0.15, 0.2) is 0 Å². The molecule has 5 nitrogen and oxygen atoms in total. The van der Waals surface area contributed by atoms with Crippen molar-refractivity contribution in [2.24, 2.45) is 17.6 Å². The van der Waals surface area contributed by atoms with Gasteiger partial charge in [-0.25, -0.2) is 0 Å². The maximum atomic E-state index is 12.3. The summed E-state index contributed by atoms with van der Waals surface area (Å²) in [5.41, 5.74) is 6.41. The van der Waals surface area contributed by atoms with Gasteiger partial charge in [0, 0.05) is 19.0 Å². The molecule has 0 radical (unpaired) electrons. The zero-order valence-electron chi connectivity index (χ0n) is 13.0. The van der Waals surface area contributed by atoms with Crippen molar-refractivity contribution in [1.29, 1.82) is 0 Å². The summed E-state index contributed by atoms with van der Waals surface area (Å²) in [6.07, 6.45) is 1.33. The fourth-order valence-electron chi connectivity index (χ4n) is 2.70. The number of rotatable bonds is 6. The molecule has 1 aromatic carbocycles. The summed E-state index contributed by atoms with van der Waals surface area (Å²) in [6.45, 7) is 4.02. The molecule has 22 heavy (non-hydrogen) atoms. The summed E-state index contributed by atoms with van der Waals surface area (Å²) < 4.78 is 5.63. The van der Waals surface area contributed by atoms with Gasteiger partial charge in [-0.2, -0.15) is 0 Å². The Kier molecular flexibility index (Phi) is 5.95. The predicted octanol–water partition coefficient (Wildman–Crippen LogP) is 1.56. The average Bonchev–Trinajstić information content (AvgIpc) is 2.55. The number of primary amides is 1. The van der Waals surface area contributed by atoms with Crippen molar-refractivity contribution in [1.82, 2.24) is 4.90 Å². The highest BCUT2D eigenvalue weighted by atomic mass is 16.5. The van der Waals surface area contributed by atoms with Crippen LogP contribution >= 0.6 is 0 Å². The van der Waals surface area contributed by atoms with E-state index in [1.54, 1.807) is 0 Å². The number of benzene rings is 1. The number of likely N-dealkylation sites (tertiary alicyclic amines) is 1. The second-order valence-corrected chi connectivity index (χ2v) is 5.90. The van der Waals surface area contributed by atoms with Crippen molar-refractivity contribution in [3.05, 3.63) is 35.9 Å². The third kappa shape index (κ3) is 4.56. The van der Waals surface area contributed by atoms with Gasteiger partial charge in [-0.05, 0) is 18.4 Å². The quantitative estimate of drug-likeness (QED) is 0.867. The highest BCUT2D eigenvalue weighted by molar-refractivity contribution is 5.80. The molecule has 1 fully saturated rings. The molecular formula is C17H24N2O3. The summed E-state index contributed by atoms with van der Waals surface area (Å²) in [5.74, 6) is -0.426. The van der Waals surface area contributed by atoms with Crippen LogP contribution in [-0.2, 0) is 20.9 Å². The molecule has 0 aromatic heterocycles. The van der Waals surface area contributed by atoms with Gasteiger partial charge in [-0.15, -0.1) is 0 Å². The number of carbonyl (C=O) groups is 2. The van der Waals surface area contributed by atoms with Crippen molar-refractivity contribution < 1.29 is 14.3 Å². The molecule has 0 aliphatic carbocycles. The number of nitrogens with two attached hydrogens (primary N) is 1. The van der Waals surface area contributed by atoms with Crippen molar-refractivity contribution in [2.75, 3.05) is 19.7 Å². The van der Waals surface area contributed by atoms with E-state index in [1.165, 1.54) is 0 Å². The van der Waals surface area contributed by atoms with Gasteiger partial charge >= 0.3 is 0 Å². The number of ether oxygens (including phenoxy) is 1. The molecule has 1 heterocycles. The summed E-state index contributed by atoms with van der Waals surface area (Å²) in [7, 11) is 0. The van der Waals surface area contributed by atoms with Gasteiger partial charge in [0.2, 0.25) is 11.8 Å². The van der Waals surface area contributed by atoms with Gasteiger partial charge < -0.3 is 15.4 Å². The third-order valence-corrected chi connectivity index (χ3v) is 4.11. The third-order valence-electron chi connectivity index (χ3n) is 4.11. The second-order valence-electron chi connectivity index (χ2n) is 5.90. The molecule has 2 rings (SSSR count). The van der Waals surface area contributed by atoms with Crippen LogP contribution < -0.4 is 5.73 Å². The lowest BCUT2D eigenvalue weighted by atomic mass is 9.95. The van der Waals surface area contributed by atoms with Crippen LogP contribution in [0.25, 0.3) is 0 Å². The molecule has 0 saturated carbocycles. The number of carbonyl (C=O) groups excluding carboxylic acids is 2. The molecule has 1 atom stereocenters. The van der Waals surface area contributed by atoms with Gasteiger partial charge in [-0.3, -0.25) is 9.59 Å². The van der Waals surface area contributed by atoms with Gasteiger partial charge in [0.05, 0.1) is 19.1 Å². The minimum Gasteiger partial charge on any atom is -0.376 e. The number of piperidine rings is 1. The summed E-state index contributed by atoms with van der Waals surface area (Å²) in [5, 5.41) is 0. The normalized spacial score (nSPS) is 17.2. The van der Waals surface area contributed by atoms with E-state index in [0.29, 0.717) is 39.1 Å². The lowest BCUT2D eigenvalue weighted by Crippen LogP contribution is -2.44. The first-order valence-corrected chi connectivity index (χ1v) is 7.77. The van der Waals surface area contributed by atoms with E-state index in [9.17, 15) is 9.59 Å². The van der Waals surface area contributed by atoms with Crippen molar-refractivity contribution in [3.8, 4) is 0 Å². The number of hydrogen-bond donors (Lipinski definition) is 1. The molecule has 0 unspecified atom stereocenters. The first-order valence-electron chi connectivity index (χ1n) is 7.77. The van der Waals surface area contributed by atoms with Crippen LogP contribution in [0.5, 0.6) is 0 Å². The Hall–Kier alpha value is -1.88. The minimum atomic E-state index is -0.258. The van der Waals surface area contributed by atoms with Gasteiger partial charge in [0.25, 0.3) is 0 Å². The molecule has 1 aliphatic rings. The Morgan fingerprint density at radius 3 is 2.50 bits per heavy atom. The van der Waals surface area contributed by atoms with Gasteiger partial charge in [0.1, 0.15) is 0 Å². The summed E-state index contributed by atoms with van der Waals surface area (Å²) in [4.78, 5) is 25.3. The monoisotopic (exact) mass is 304 g/mol. The van der Waals surface area contributed by atoms with E-state index in [1.807, 2.05) is 42.2 Å². The molecule has 2 N–H and O–H groups in total. The minimum absolute atomic E-state index is 0.0892. The zero-order chi connectivity index (χ0) is 15.9. The van der Waals surface area contributed by atoms with Crippen LogP contribution in [0.2, 0.25) is 0 Å². The van der Waals surface area contributed by atoms with E-state index in [4.69, 9.17) is 10.5 Å². The SMILES string of the molecule is C[C@H](COCc1ccccc1)C(=O)N1CCC(C(N)=O)CC1. The smallest absolute Gasteiger partial charge is 0.227 e. The molecule has 0 spiro atoms. The lowest BCUT2D eigenvalue weighted by molar-refractivity contribution is -0.140. The van der Waals surface area contributed by atoms with Crippen LogP contribution in [0.1, 0.15) is 25.3 Å². The Morgan fingerprint density at radius 2 is 1.91 bits per heavy atom. The molecule has 1 saturated heterocycles. The van der Waals surface area contributed by atoms with E-state index in [0.717, 1.165) is 5.56 Å². The van der Waals surface area contributed by atoms with E-state index >= 15 is 0 Å². The zero-order valence-corrected chi connectivity index (χ0v) is 13.0. The topological polar surface area (TPSA) is 72.6 Å². The number of nitrogens with zero attached hydrogens (tertiary/aromatic N) is 1. The fraction of sp³-hybridized carbons (Fsp3) is 0.529. The van der Waals surface area contributed by atoms with Crippen LogP contribution in [0, 0.1) is 11.8 Å². The largest absolute Gasteiger partial charge is 0.376 e. The van der Waals surface area contributed by atoms with Crippen LogP contribution in [0.3, 0.4) is 0 Å². The van der Waals surface area contributed by atoms with Crippen LogP contribution in [0.15, 0.2) is 30.3 Å². The highest BCUT2D eigenvalue weighted by Crippen LogP contribution is 2.18.